The van der Waals surface area contributed by atoms with Crippen molar-refractivity contribution >= 4 is 33.2 Å². The average molecular weight is 465 g/mol. The van der Waals surface area contributed by atoms with Crippen LogP contribution in [-0.4, -0.2) is 15.0 Å². The van der Waals surface area contributed by atoms with Gasteiger partial charge in [-0.2, -0.15) is 0 Å². The normalized spacial score (nSPS) is 11.4. The van der Waals surface area contributed by atoms with Crippen molar-refractivity contribution in [1.82, 2.24) is 5.32 Å². The molecule has 3 N–H and O–H groups in total. The number of nitrogens with one attached hydrogen (secondary N) is 1. The predicted molar refractivity (Wildman–Crippen MR) is 120 cm³/mol. The fourth-order valence-corrected chi connectivity index (χ4v) is 3.90. The average Bonchev–Trinajstić information content (AvgIpc) is 2.71. The molecule has 0 aliphatic carbocycles. The van der Waals surface area contributed by atoms with E-state index in [1.54, 1.807) is 30.3 Å². The number of hydrogen-bond donors (Lipinski definition) is 2. The number of nitrogens with two attached hydrogens (primary N) is 1. The summed E-state index contributed by atoms with van der Waals surface area (Å²) in [5.41, 5.74) is 2.88. The van der Waals surface area contributed by atoms with Crippen LogP contribution in [0.25, 0.3) is 0 Å². The third-order valence-corrected chi connectivity index (χ3v) is 6.15. The zero-order chi connectivity index (χ0) is 21.6. The lowest BCUT2D eigenvalue weighted by Crippen LogP contribution is -2.17. The van der Waals surface area contributed by atoms with Gasteiger partial charge in [0.1, 0.15) is 12.4 Å². The summed E-state index contributed by atoms with van der Waals surface area (Å²) in [6.07, 6.45) is 0.770. The maximum Gasteiger partial charge on any atom is 0.238 e. The van der Waals surface area contributed by atoms with Gasteiger partial charge in [0.05, 0.1) is 4.90 Å². The first-order chi connectivity index (χ1) is 14.3. The minimum Gasteiger partial charge on any atom is -0.489 e. The fourth-order valence-electron chi connectivity index (χ4n) is 2.88. The van der Waals surface area contributed by atoms with Gasteiger partial charge in [-0.1, -0.05) is 53.5 Å². The third-order valence-electron chi connectivity index (χ3n) is 4.51. The van der Waals surface area contributed by atoms with E-state index in [9.17, 15) is 8.42 Å². The van der Waals surface area contributed by atoms with Crippen molar-refractivity contribution in [1.29, 1.82) is 0 Å². The van der Waals surface area contributed by atoms with Gasteiger partial charge in [-0.05, 0) is 60.5 Å². The summed E-state index contributed by atoms with van der Waals surface area (Å²) in [4.78, 5) is 0.120. The number of benzene rings is 3. The van der Waals surface area contributed by atoms with Gasteiger partial charge in [0.2, 0.25) is 10.0 Å². The second kappa shape index (κ2) is 10.3. The van der Waals surface area contributed by atoms with E-state index in [2.05, 4.69) is 5.32 Å². The Balaban J connectivity index is 1.48. The highest BCUT2D eigenvalue weighted by Gasteiger charge is 2.08. The van der Waals surface area contributed by atoms with Crippen LogP contribution < -0.4 is 15.2 Å². The van der Waals surface area contributed by atoms with Crippen LogP contribution in [0.2, 0.25) is 10.0 Å². The summed E-state index contributed by atoms with van der Waals surface area (Å²) >= 11 is 12.4. The first-order valence-corrected chi connectivity index (χ1v) is 11.6. The molecule has 0 aliphatic heterocycles. The van der Waals surface area contributed by atoms with Crippen LogP contribution in [0, 0.1) is 0 Å². The number of ether oxygens (including phenoxy) is 1. The van der Waals surface area contributed by atoms with Gasteiger partial charge in [-0.3, -0.25) is 0 Å². The molecule has 0 spiro atoms. The molecular formula is C22H22Cl2N2O3S. The quantitative estimate of drug-likeness (QED) is 0.455. The summed E-state index contributed by atoms with van der Waals surface area (Å²) in [5.74, 6) is 0.740. The lowest BCUT2D eigenvalue weighted by atomic mass is 10.1. The van der Waals surface area contributed by atoms with Crippen molar-refractivity contribution in [2.75, 3.05) is 6.54 Å². The molecule has 0 atom stereocenters. The molecule has 0 unspecified atom stereocenters. The van der Waals surface area contributed by atoms with Crippen LogP contribution in [-0.2, 0) is 29.6 Å². The van der Waals surface area contributed by atoms with Crippen molar-refractivity contribution in [3.63, 3.8) is 0 Å². The topological polar surface area (TPSA) is 81.4 Å². The number of halogens is 2. The van der Waals surface area contributed by atoms with Gasteiger partial charge in [0.25, 0.3) is 0 Å². The van der Waals surface area contributed by atoms with Gasteiger partial charge in [0.15, 0.2) is 0 Å². The zero-order valence-electron chi connectivity index (χ0n) is 16.1. The molecule has 30 heavy (non-hydrogen) atoms. The highest BCUT2D eigenvalue weighted by atomic mass is 35.5. The summed E-state index contributed by atoms with van der Waals surface area (Å²) in [5, 5.41) is 9.65. The molecule has 0 amide bonds. The molecule has 3 rings (SSSR count). The Hall–Kier alpha value is -2.09. The number of primary sulfonamides is 1. The van der Waals surface area contributed by atoms with E-state index in [1.165, 1.54) is 12.1 Å². The van der Waals surface area contributed by atoms with E-state index in [-0.39, 0.29) is 4.90 Å². The summed E-state index contributed by atoms with van der Waals surface area (Å²) in [7, 11) is -3.65. The smallest absolute Gasteiger partial charge is 0.238 e. The lowest BCUT2D eigenvalue weighted by Gasteiger charge is -2.11. The van der Waals surface area contributed by atoms with Crippen molar-refractivity contribution in [3.8, 4) is 5.75 Å². The number of rotatable bonds is 9. The molecule has 8 heteroatoms. The number of hydrogen-bond acceptors (Lipinski definition) is 4. The van der Waals surface area contributed by atoms with Gasteiger partial charge >= 0.3 is 0 Å². The Kier molecular flexibility index (Phi) is 7.75. The maximum absolute atomic E-state index is 11.3. The molecule has 0 aromatic heterocycles. The third kappa shape index (κ3) is 6.45. The highest BCUT2D eigenvalue weighted by Crippen LogP contribution is 2.26. The summed E-state index contributed by atoms with van der Waals surface area (Å²) < 4.78 is 28.4. The molecule has 0 bridgehead atoms. The van der Waals surface area contributed by atoms with E-state index >= 15 is 0 Å². The SMILES string of the molecule is NS(=O)(=O)c1ccc(CCNCc2cccc(OCc3c(Cl)cccc3Cl)c2)cc1. The van der Waals surface area contributed by atoms with Crippen LogP contribution in [0.1, 0.15) is 16.7 Å². The van der Waals surface area contributed by atoms with Crippen LogP contribution in [0.4, 0.5) is 0 Å². The Labute approximate surface area is 186 Å². The highest BCUT2D eigenvalue weighted by molar-refractivity contribution is 7.89. The Morgan fingerprint density at radius 3 is 2.23 bits per heavy atom. The minimum atomic E-state index is -3.65. The van der Waals surface area contributed by atoms with E-state index in [1.807, 2.05) is 24.3 Å². The minimum absolute atomic E-state index is 0.120. The maximum atomic E-state index is 11.3. The van der Waals surface area contributed by atoms with Crippen molar-refractivity contribution in [3.05, 3.63) is 93.5 Å². The predicted octanol–water partition coefficient (Wildman–Crippen LogP) is 4.55. The molecule has 0 radical (unpaired) electrons. The molecular weight excluding hydrogens is 443 g/mol. The largest absolute Gasteiger partial charge is 0.489 e. The van der Waals surface area contributed by atoms with E-state index in [0.29, 0.717) is 23.2 Å². The van der Waals surface area contributed by atoms with Gasteiger partial charge in [0, 0.05) is 22.2 Å². The monoisotopic (exact) mass is 464 g/mol. The second-order valence-corrected chi connectivity index (χ2v) is 9.13. The molecule has 5 nitrogen and oxygen atoms in total. The first-order valence-electron chi connectivity index (χ1n) is 9.30. The standard InChI is InChI=1S/C22H22Cl2N2O3S/c23-21-5-2-6-22(24)20(21)15-29-18-4-1-3-17(13-18)14-26-12-11-16-7-9-19(10-8-16)30(25,27)28/h1-10,13,26H,11-12,14-15H2,(H2,25,27,28). The van der Waals surface area contributed by atoms with Crippen LogP contribution in [0.15, 0.2) is 71.6 Å². The summed E-state index contributed by atoms with van der Waals surface area (Å²) in [6.45, 7) is 1.72. The molecule has 158 valence electrons. The van der Waals surface area contributed by atoms with Gasteiger partial charge in [-0.15, -0.1) is 0 Å². The van der Waals surface area contributed by atoms with E-state index < -0.39 is 10.0 Å². The molecule has 0 heterocycles. The Bertz CT molecular complexity index is 1080. The molecule has 0 saturated heterocycles. The van der Waals surface area contributed by atoms with Crippen LogP contribution in [0.5, 0.6) is 5.75 Å². The lowest BCUT2D eigenvalue weighted by molar-refractivity contribution is 0.306. The Morgan fingerprint density at radius 2 is 1.57 bits per heavy atom. The first kappa shape index (κ1) is 22.6. The van der Waals surface area contributed by atoms with Crippen LogP contribution >= 0.6 is 23.2 Å². The molecule has 3 aromatic rings. The second-order valence-electron chi connectivity index (χ2n) is 6.75. The molecule has 0 aliphatic rings. The van der Waals surface area contributed by atoms with Gasteiger partial charge in [-0.25, -0.2) is 13.6 Å². The van der Waals surface area contributed by atoms with Crippen molar-refractivity contribution < 1.29 is 13.2 Å². The van der Waals surface area contributed by atoms with Crippen LogP contribution in [0.3, 0.4) is 0 Å². The Morgan fingerprint density at radius 1 is 0.900 bits per heavy atom. The van der Waals surface area contributed by atoms with Crippen molar-refractivity contribution in [2.45, 2.75) is 24.5 Å². The fraction of sp³-hybridized carbons (Fsp3) is 0.182. The number of sulfonamides is 1. The van der Waals surface area contributed by atoms with E-state index in [0.717, 1.165) is 35.4 Å². The van der Waals surface area contributed by atoms with Crippen molar-refractivity contribution in [2.24, 2.45) is 5.14 Å². The summed E-state index contributed by atoms with van der Waals surface area (Å²) in [6, 6.07) is 19.8. The van der Waals surface area contributed by atoms with Gasteiger partial charge < -0.3 is 10.1 Å². The molecule has 0 saturated carbocycles. The molecule has 0 fully saturated rings. The molecule has 3 aromatic carbocycles. The zero-order valence-corrected chi connectivity index (χ0v) is 18.5. The van der Waals surface area contributed by atoms with E-state index in [4.69, 9.17) is 33.1 Å².